The van der Waals surface area contributed by atoms with Crippen molar-refractivity contribution in [3.8, 4) is 6.07 Å². The van der Waals surface area contributed by atoms with Gasteiger partial charge in [-0.1, -0.05) is 19.1 Å². The number of hydrogen-bond donors (Lipinski definition) is 1. The molecule has 0 aliphatic carbocycles. The Morgan fingerprint density at radius 1 is 1.16 bits per heavy atom. The molecule has 2 aromatic rings. The number of benzene rings is 2. The number of anilines is 1. The summed E-state index contributed by atoms with van der Waals surface area (Å²) in [5, 5.41) is 12.0. The first kappa shape index (κ1) is 13.1. The van der Waals surface area contributed by atoms with E-state index in [9.17, 15) is 4.39 Å². The number of nitrogens with one attached hydrogen (secondary N) is 1. The number of nitrogens with zero attached hydrogens (tertiary/aromatic N) is 1. The molecule has 96 valence electrons. The molecule has 0 fully saturated rings. The minimum Gasteiger partial charge on any atom is -0.381 e. The molecule has 0 heterocycles. The first-order valence-corrected chi connectivity index (χ1v) is 6.24. The van der Waals surface area contributed by atoms with Gasteiger partial charge in [0.1, 0.15) is 5.82 Å². The number of hydrogen-bond acceptors (Lipinski definition) is 2. The highest BCUT2D eigenvalue weighted by Gasteiger charge is 2.03. The van der Waals surface area contributed by atoms with Crippen molar-refractivity contribution >= 4 is 5.69 Å². The first-order valence-electron chi connectivity index (χ1n) is 6.24. The van der Waals surface area contributed by atoms with Crippen LogP contribution in [0.25, 0.3) is 0 Å². The lowest BCUT2D eigenvalue weighted by molar-refractivity contribution is 0.612. The molecule has 2 aromatic carbocycles. The third-order valence-electron chi connectivity index (χ3n) is 3.02. The van der Waals surface area contributed by atoms with Crippen molar-refractivity contribution in [2.75, 3.05) is 5.32 Å². The first-order chi connectivity index (χ1) is 9.22. The van der Waals surface area contributed by atoms with Crippen molar-refractivity contribution in [3.05, 3.63) is 65.0 Å². The molecule has 0 saturated heterocycles. The lowest BCUT2D eigenvalue weighted by Crippen LogP contribution is -2.02. The number of nitriles is 1. The lowest BCUT2D eigenvalue weighted by atomic mass is 10.1. The average molecular weight is 254 g/mol. The van der Waals surface area contributed by atoms with E-state index in [4.69, 9.17) is 5.26 Å². The maximum Gasteiger partial charge on any atom is 0.128 e. The summed E-state index contributed by atoms with van der Waals surface area (Å²) in [5.74, 6) is -0.295. The van der Waals surface area contributed by atoms with Gasteiger partial charge in [0, 0.05) is 17.8 Å². The topological polar surface area (TPSA) is 35.8 Å². The molecule has 2 rings (SSSR count). The zero-order valence-electron chi connectivity index (χ0n) is 10.8. The molecule has 2 nitrogen and oxygen atoms in total. The Bertz CT molecular complexity index is 597. The summed E-state index contributed by atoms with van der Waals surface area (Å²) in [4.78, 5) is 0. The van der Waals surface area contributed by atoms with Gasteiger partial charge in [0.15, 0.2) is 0 Å². The van der Waals surface area contributed by atoms with Crippen LogP contribution < -0.4 is 5.32 Å². The van der Waals surface area contributed by atoms with E-state index in [-0.39, 0.29) is 5.82 Å². The fraction of sp³-hybridized carbons (Fsp3) is 0.188. The number of rotatable bonds is 4. The van der Waals surface area contributed by atoms with Gasteiger partial charge < -0.3 is 5.32 Å². The number of aryl methyl sites for hydroxylation is 1. The molecule has 0 amide bonds. The van der Waals surface area contributed by atoms with Gasteiger partial charge in [0.25, 0.3) is 0 Å². The van der Waals surface area contributed by atoms with Crippen LogP contribution in [0.2, 0.25) is 0 Å². The summed E-state index contributed by atoms with van der Waals surface area (Å²) in [7, 11) is 0. The van der Waals surface area contributed by atoms with Crippen LogP contribution in [0.1, 0.15) is 23.6 Å². The van der Waals surface area contributed by atoms with Gasteiger partial charge in [0.05, 0.1) is 11.6 Å². The maximum atomic E-state index is 13.6. The predicted molar refractivity (Wildman–Crippen MR) is 74.3 cm³/mol. The molecule has 0 aromatic heterocycles. The molecular weight excluding hydrogens is 239 g/mol. The largest absolute Gasteiger partial charge is 0.381 e. The van der Waals surface area contributed by atoms with Crippen molar-refractivity contribution in [3.63, 3.8) is 0 Å². The Morgan fingerprint density at radius 2 is 1.89 bits per heavy atom. The third kappa shape index (κ3) is 3.32. The van der Waals surface area contributed by atoms with Gasteiger partial charge in [-0.15, -0.1) is 0 Å². The SMILES string of the molecule is CCc1ccc(NCc2cc(C#N)ccc2F)cc1. The van der Waals surface area contributed by atoms with Gasteiger partial charge in [-0.25, -0.2) is 4.39 Å². The Balaban J connectivity index is 2.07. The highest BCUT2D eigenvalue weighted by molar-refractivity contribution is 5.45. The van der Waals surface area contributed by atoms with E-state index in [0.717, 1.165) is 12.1 Å². The predicted octanol–water partition coefficient (Wildman–Crippen LogP) is 3.87. The molecule has 0 aliphatic rings. The van der Waals surface area contributed by atoms with E-state index < -0.39 is 0 Å². The summed E-state index contributed by atoms with van der Waals surface area (Å²) in [5.41, 5.74) is 3.18. The summed E-state index contributed by atoms with van der Waals surface area (Å²) in [6.07, 6.45) is 0.999. The highest BCUT2D eigenvalue weighted by atomic mass is 19.1. The van der Waals surface area contributed by atoms with Crippen LogP contribution in [0.4, 0.5) is 10.1 Å². The summed E-state index contributed by atoms with van der Waals surface area (Å²) in [6, 6.07) is 14.4. The molecular formula is C16H15FN2. The fourth-order valence-corrected chi connectivity index (χ4v) is 1.84. The summed E-state index contributed by atoms with van der Waals surface area (Å²) < 4.78 is 13.6. The fourth-order valence-electron chi connectivity index (χ4n) is 1.84. The second-order valence-corrected chi connectivity index (χ2v) is 4.32. The van der Waals surface area contributed by atoms with Crippen LogP contribution in [0.15, 0.2) is 42.5 Å². The quantitative estimate of drug-likeness (QED) is 0.899. The molecule has 0 saturated carbocycles. The van der Waals surface area contributed by atoms with Crippen LogP contribution in [0.3, 0.4) is 0 Å². The molecule has 0 unspecified atom stereocenters. The van der Waals surface area contributed by atoms with Gasteiger partial charge in [0.2, 0.25) is 0 Å². The Kier molecular flexibility index (Phi) is 4.15. The summed E-state index contributed by atoms with van der Waals surface area (Å²) >= 11 is 0. The Hall–Kier alpha value is -2.34. The second kappa shape index (κ2) is 6.01. The van der Waals surface area contributed by atoms with E-state index in [1.165, 1.54) is 17.7 Å². The number of halogens is 1. The maximum absolute atomic E-state index is 13.6. The Labute approximate surface area is 112 Å². The van der Waals surface area contributed by atoms with Gasteiger partial charge >= 0.3 is 0 Å². The average Bonchev–Trinajstić information content (AvgIpc) is 2.47. The molecule has 19 heavy (non-hydrogen) atoms. The highest BCUT2D eigenvalue weighted by Crippen LogP contribution is 2.14. The normalized spacial score (nSPS) is 9.95. The van der Waals surface area contributed by atoms with Crippen molar-refractivity contribution in [2.24, 2.45) is 0 Å². The van der Waals surface area contributed by atoms with Gasteiger partial charge in [-0.3, -0.25) is 0 Å². The van der Waals surface area contributed by atoms with Crippen LogP contribution in [0, 0.1) is 17.1 Å². The van der Waals surface area contributed by atoms with Gasteiger partial charge in [-0.2, -0.15) is 5.26 Å². The second-order valence-electron chi connectivity index (χ2n) is 4.32. The Morgan fingerprint density at radius 3 is 2.53 bits per heavy atom. The molecule has 0 aliphatic heterocycles. The standard InChI is InChI=1S/C16H15FN2/c1-2-12-3-6-15(7-4-12)19-11-14-9-13(10-18)5-8-16(14)17/h3-9,19H,2,11H2,1H3. The van der Waals surface area contributed by atoms with Crippen molar-refractivity contribution in [1.82, 2.24) is 0 Å². The van der Waals surface area contributed by atoms with Crippen LogP contribution >= 0.6 is 0 Å². The van der Waals surface area contributed by atoms with Gasteiger partial charge in [-0.05, 0) is 42.3 Å². The minimum atomic E-state index is -0.295. The summed E-state index contributed by atoms with van der Waals surface area (Å²) in [6.45, 7) is 2.47. The van der Waals surface area contributed by atoms with E-state index in [1.54, 1.807) is 6.07 Å². The van der Waals surface area contributed by atoms with Crippen molar-refractivity contribution in [1.29, 1.82) is 5.26 Å². The molecule has 0 bridgehead atoms. The molecule has 0 spiro atoms. The minimum absolute atomic E-state index is 0.295. The molecule has 3 heteroatoms. The van der Waals surface area contributed by atoms with Crippen LogP contribution in [0.5, 0.6) is 0 Å². The molecule has 0 atom stereocenters. The van der Waals surface area contributed by atoms with E-state index in [1.807, 2.05) is 30.3 Å². The van der Waals surface area contributed by atoms with Crippen LogP contribution in [-0.2, 0) is 13.0 Å². The zero-order chi connectivity index (χ0) is 13.7. The van der Waals surface area contributed by atoms with Crippen molar-refractivity contribution < 1.29 is 4.39 Å². The van der Waals surface area contributed by atoms with E-state index in [0.29, 0.717) is 17.7 Å². The smallest absolute Gasteiger partial charge is 0.128 e. The monoisotopic (exact) mass is 254 g/mol. The van der Waals surface area contributed by atoms with Crippen LogP contribution in [-0.4, -0.2) is 0 Å². The molecule has 0 radical (unpaired) electrons. The third-order valence-corrected chi connectivity index (χ3v) is 3.02. The van der Waals surface area contributed by atoms with E-state index >= 15 is 0 Å². The van der Waals surface area contributed by atoms with E-state index in [2.05, 4.69) is 12.2 Å². The van der Waals surface area contributed by atoms with Crippen molar-refractivity contribution in [2.45, 2.75) is 19.9 Å². The lowest BCUT2D eigenvalue weighted by Gasteiger charge is -2.08. The zero-order valence-corrected chi connectivity index (χ0v) is 10.8. The molecule has 1 N–H and O–H groups in total.